The van der Waals surface area contributed by atoms with Crippen molar-refractivity contribution in [1.29, 1.82) is 0 Å². The van der Waals surface area contributed by atoms with Crippen LogP contribution in [0.4, 0.5) is 11.5 Å². The fourth-order valence-electron chi connectivity index (χ4n) is 4.20. The number of hydrogen-bond acceptors (Lipinski definition) is 6. The van der Waals surface area contributed by atoms with Gasteiger partial charge in [0.1, 0.15) is 11.6 Å². The summed E-state index contributed by atoms with van der Waals surface area (Å²) in [6.07, 6.45) is 0.914. The number of aryl methyl sites for hydroxylation is 1. The van der Waals surface area contributed by atoms with Gasteiger partial charge in [0.2, 0.25) is 5.91 Å². The van der Waals surface area contributed by atoms with Crippen LogP contribution in [0.15, 0.2) is 48.5 Å². The highest BCUT2D eigenvalue weighted by atomic mass is 16.5. The first-order valence-corrected chi connectivity index (χ1v) is 11.5. The molecule has 8 heteroatoms. The number of anilines is 2. The van der Waals surface area contributed by atoms with E-state index in [2.05, 4.69) is 22.0 Å². The standard InChI is InChI=1S/C26H30N4O4/c1-3-29-12-14-30(15-13-29)24-17-22(26(32)33)21-16-19(7-10-23(21)28-24)27-25(31)11-6-18-4-8-20(34-2)9-5-18/h4-5,7-10,16-17H,3,6,11-15H2,1-2H3,(H,27,31)(H,32,33). The van der Waals surface area contributed by atoms with Crippen LogP contribution in [0, 0.1) is 0 Å². The number of rotatable bonds is 8. The molecule has 1 aromatic heterocycles. The van der Waals surface area contributed by atoms with Crippen molar-refractivity contribution < 1.29 is 19.4 Å². The Bertz CT molecular complexity index is 1170. The van der Waals surface area contributed by atoms with Crippen molar-refractivity contribution in [3.63, 3.8) is 0 Å². The number of ether oxygens (including phenoxy) is 1. The van der Waals surface area contributed by atoms with E-state index in [1.54, 1.807) is 31.4 Å². The maximum absolute atomic E-state index is 12.5. The molecule has 4 rings (SSSR count). The molecule has 0 spiro atoms. The first-order chi connectivity index (χ1) is 16.5. The summed E-state index contributed by atoms with van der Waals surface area (Å²) in [4.78, 5) is 33.7. The molecule has 178 valence electrons. The zero-order valence-electron chi connectivity index (χ0n) is 19.6. The molecule has 2 N–H and O–H groups in total. The average molecular weight is 463 g/mol. The van der Waals surface area contributed by atoms with Gasteiger partial charge in [-0.15, -0.1) is 0 Å². The van der Waals surface area contributed by atoms with Crippen molar-refractivity contribution >= 4 is 34.3 Å². The highest BCUT2D eigenvalue weighted by molar-refractivity contribution is 6.05. The fraction of sp³-hybridized carbons (Fsp3) is 0.346. The van der Waals surface area contributed by atoms with Gasteiger partial charge in [-0.3, -0.25) is 4.79 Å². The number of aromatic nitrogens is 1. The lowest BCUT2D eigenvalue weighted by Gasteiger charge is -2.35. The van der Waals surface area contributed by atoms with Gasteiger partial charge in [0.15, 0.2) is 0 Å². The number of pyridine rings is 1. The number of carbonyl (C=O) groups is 2. The molecule has 34 heavy (non-hydrogen) atoms. The number of hydrogen-bond donors (Lipinski definition) is 2. The molecule has 1 aliphatic heterocycles. The largest absolute Gasteiger partial charge is 0.497 e. The molecule has 0 unspecified atom stereocenters. The predicted octanol–water partition coefficient (Wildman–Crippen LogP) is 3.65. The van der Waals surface area contributed by atoms with Gasteiger partial charge in [-0.25, -0.2) is 9.78 Å². The van der Waals surface area contributed by atoms with Crippen LogP contribution in [-0.4, -0.2) is 66.7 Å². The summed E-state index contributed by atoms with van der Waals surface area (Å²) in [6.45, 7) is 6.64. The number of aromatic carboxylic acids is 1. The lowest BCUT2D eigenvalue weighted by Crippen LogP contribution is -2.46. The van der Waals surface area contributed by atoms with E-state index in [9.17, 15) is 14.7 Å². The Morgan fingerprint density at radius 1 is 1.06 bits per heavy atom. The zero-order chi connectivity index (χ0) is 24.1. The molecule has 1 fully saturated rings. The maximum Gasteiger partial charge on any atom is 0.336 e. The van der Waals surface area contributed by atoms with Crippen LogP contribution in [0.25, 0.3) is 10.9 Å². The van der Waals surface area contributed by atoms with Crippen LogP contribution in [0.3, 0.4) is 0 Å². The first kappa shape index (κ1) is 23.5. The smallest absolute Gasteiger partial charge is 0.336 e. The molecular formula is C26H30N4O4. The summed E-state index contributed by atoms with van der Waals surface area (Å²) in [5.41, 5.74) is 2.39. The molecule has 0 atom stereocenters. The summed E-state index contributed by atoms with van der Waals surface area (Å²) in [5, 5.41) is 13.2. The third-order valence-electron chi connectivity index (χ3n) is 6.25. The minimum atomic E-state index is -1.01. The molecule has 1 saturated heterocycles. The van der Waals surface area contributed by atoms with Gasteiger partial charge in [0.05, 0.1) is 18.2 Å². The summed E-state index contributed by atoms with van der Waals surface area (Å²) in [7, 11) is 1.62. The van der Waals surface area contributed by atoms with E-state index in [-0.39, 0.29) is 11.5 Å². The number of fused-ring (bicyclic) bond motifs is 1. The molecule has 0 aliphatic carbocycles. The first-order valence-electron chi connectivity index (χ1n) is 11.5. The van der Waals surface area contributed by atoms with Gasteiger partial charge in [0, 0.05) is 43.7 Å². The van der Waals surface area contributed by atoms with E-state index in [4.69, 9.17) is 9.72 Å². The second-order valence-corrected chi connectivity index (χ2v) is 8.38. The Labute approximate surface area is 199 Å². The Kier molecular flexibility index (Phi) is 7.27. The molecule has 0 bridgehead atoms. The Morgan fingerprint density at radius 2 is 1.79 bits per heavy atom. The van der Waals surface area contributed by atoms with Gasteiger partial charge in [0.25, 0.3) is 0 Å². The Balaban J connectivity index is 1.48. The number of methoxy groups -OCH3 is 1. The Hall–Kier alpha value is -3.65. The summed E-state index contributed by atoms with van der Waals surface area (Å²) < 4.78 is 5.16. The highest BCUT2D eigenvalue weighted by Crippen LogP contribution is 2.27. The van der Waals surface area contributed by atoms with Gasteiger partial charge < -0.3 is 25.0 Å². The third-order valence-corrected chi connectivity index (χ3v) is 6.25. The molecule has 8 nitrogen and oxygen atoms in total. The molecule has 1 aliphatic rings. The number of benzene rings is 2. The van der Waals surface area contributed by atoms with Gasteiger partial charge in [-0.2, -0.15) is 0 Å². The van der Waals surface area contributed by atoms with Crippen molar-refractivity contribution in [2.75, 3.05) is 50.1 Å². The van der Waals surface area contributed by atoms with Crippen molar-refractivity contribution in [2.24, 2.45) is 0 Å². The summed E-state index contributed by atoms with van der Waals surface area (Å²) >= 11 is 0. The normalized spacial score (nSPS) is 14.2. The molecule has 0 saturated carbocycles. The molecule has 2 aromatic carbocycles. The van der Waals surface area contributed by atoms with E-state index in [0.717, 1.165) is 44.0 Å². The van der Waals surface area contributed by atoms with E-state index in [0.29, 0.717) is 35.2 Å². The van der Waals surface area contributed by atoms with Crippen molar-refractivity contribution in [1.82, 2.24) is 9.88 Å². The molecule has 3 aromatic rings. The van der Waals surface area contributed by atoms with Crippen molar-refractivity contribution in [3.05, 3.63) is 59.7 Å². The van der Waals surface area contributed by atoms with Crippen LogP contribution >= 0.6 is 0 Å². The van der Waals surface area contributed by atoms with Crippen LogP contribution in [0.2, 0.25) is 0 Å². The topological polar surface area (TPSA) is 95.0 Å². The monoisotopic (exact) mass is 462 g/mol. The number of nitrogens with one attached hydrogen (secondary N) is 1. The number of carbonyl (C=O) groups excluding carboxylic acids is 1. The number of carboxylic acids is 1. The molecular weight excluding hydrogens is 432 g/mol. The molecule has 1 amide bonds. The molecule has 0 radical (unpaired) electrons. The number of nitrogens with zero attached hydrogens (tertiary/aromatic N) is 3. The minimum absolute atomic E-state index is 0.134. The molecule has 2 heterocycles. The predicted molar refractivity (Wildman–Crippen MR) is 133 cm³/mol. The number of piperazine rings is 1. The van der Waals surface area contributed by atoms with Gasteiger partial charge in [-0.05, 0) is 54.9 Å². The van der Waals surface area contributed by atoms with Crippen LogP contribution in [-0.2, 0) is 11.2 Å². The number of amides is 1. The van der Waals surface area contributed by atoms with Gasteiger partial charge in [-0.1, -0.05) is 19.1 Å². The second kappa shape index (κ2) is 10.5. The van der Waals surface area contributed by atoms with Crippen molar-refractivity contribution in [2.45, 2.75) is 19.8 Å². The lowest BCUT2D eigenvalue weighted by molar-refractivity contribution is -0.116. The van der Waals surface area contributed by atoms with E-state index < -0.39 is 5.97 Å². The second-order valence-electron chi connectivity index (χ2n) is 8.38. The van der Waals surface area contributed by atoms with E-state index >= 15 is 0 Å². The van der Waals surface area contributed by atoms with Crippen LogP contribution < -0.4 is 15.0 Å². The van der Waals surface area contributed by atoms with Crippen LogP contribution in [0.1, 0.15) is 29.3 Å². The van der Waals surface area contributed by atoms with Crippen LogP contribution in [0.5, 0.6) is 5.75 Å². The maximum atomic E-state index is 12.5. The number of likely N-dealkylation sites (N-methyl/N-ethyl adjacent to an activating group) is 1. The van der Waals surface area contributed by atoms with E-state index in [1.807, 2.05) is 24.3 Å². The summed E-state index contributed by atoms with van der Waals surface area (Å²) in [5.74, 6) is 0.310. The summed E-state index contributed by atoms with van der Waals surface area (Å²) in [6, 6.07) is 14.5. The third kappa shape index (κ3) is 5.46. The minimum Gasteiger partial charge on any atom is -0.497 e. The average Bonchev–Trinajstić information content (AvgIpc) is 2.87. The highest BCUT2D eigenvalue weighted by Gasteiger charge is 2.20. The lowest BCUT2D eigenvalue weighted by atomic mass is 10.1. The quantitative estimate of drug-likeness (QED) is 0.528. The SMILES string of the molecule is CCN1CCN(c2cc(C(=O)O)c3cc(NC(=O)CCc4ccc(OC)cc4)ccc3n2)CC1. The number of carboxylic acid groups (broad SMARTS) is 1. The van der Waals surface area contributed by atoms with Crippen molar-refractivity contribution in [3.8, 4) is 5.75 Å². The van der Waals surface area contributed by atoms with E-state index in [1.165, 1.54) is 0 Å². The van der Waals surface area contributed by atoms with Gasteiger partial charge >= 0.3 is 5.97 Å². The Morgan fingerprint density at radius 3 is 2.44 bits per heavy atom. The zero-order valence-corrected chi connectivity index (χ0v) is 19.6. The fourth-order valence-corrected chi connectivity index (χ4v) is 4.20.